The minimum absolute atomic E-state index is 0.349. The van der Waals surface area contributed by atoms with E-state index in [1.165, 1.54) is 82.4 Å². The number of fused-ring (bicyclic) bond motifs is 2. The lowest BCUT2D eigenvalue weighted by atomic mass is 9.71. The summed E-state index contributed by atoms with van der Waals surface area (Å²) in [5.74, 6) is 5.48. The molecular formula is C42H63N2O2P. The van der Waals surface area contributed by atoms with E-state index in [1.54, 1.807) is 7.11 Å². The van der Waals surface area contributed by atoms with Gasteiger partial charge in [0.05, 0.1) is 0 Å². The highest BCUT2D eigenvalue weighted by molar-refractivity contribution is 7.08. The summed E-state index contributed by atoms with van der Waals surface area (Å²) in [7, 11) is 5.33. The summed E-state index contributed by atoms with van der Waals surface area (Å²) in [5.41, 5.74) is 9.88. The molecule has 2 unspecified atom stereocenters. The summed E-state index contributed by atoms with van der Waals surface area (Å²) < 4.78 is 4.54. The molecule has 2 aromatic rings. The van der Waals surface area contributed by atoms with E-state index in [0.717, 1.165) is 43.7 Å². The number of rotatable bonds is 6. The molecule has 1 saturated heterocycles. The number of aryl methyl sites for hydroxylation is 1. The first-order valence-corrected chi connectivity index (χ1v) is 17.6. The zero-order valence-corrected chi connectivity index (χ0v) is 31.7. The van der Waals surface area contributed by atoms with Crippen LogP contribution in [0.25, 0.3) is 0 Å². The number of ether oxygens (including phenoxy) is 1. The van der Waals surface area contributed by atoms with Crippen LogP contribution in [0.2, 0.25) is 0 Å². The lowest BCUT2D eigenvalue weighted by molar-refractivity contribution is 0.153. The molecule has 0 saturated carbocycles. The molecule has 3 aliphatic rings. The van der Waals surface area contributed by atoms with Gasteiger partial charge < -0.3 is 14.9 Å². The Kier molecular flexibility index (Phi) is 19.7. The van der Waals surface area contributed by atoms with Crippen LogP contribution in [0.1, 0.15) is 113 Å². The van der Waals surface area contributed by atoms with Crippen molar-refractivity contribution in [3.05, 3.63) is 94.7 Å². The topological polar surface area (TPSA) is 44.7 Å². The van der Waals surface area contributed by atoms with Crippen molar-refractivity contribution >= 4 is 9.47 Å². The maximum atomic E-state index is 6.92. The smallest absolute Gasteiger partial charge is 0.0433 e. The quantitative estimate of drug-likeness (QED) is 0.141. The molecule has 0 radical (unpaired) electrons. The van der Waals surface area contributed by atoms with Crippen LogP contribution < -0.4 is 5.32 Å². The van der Waals surface area contributed by atoms with Crippen molar-refractivity contribution in [1.82, 2.24) is 10.2 Å². The highest BCUT2D eigenvalue weighted by Crippen LogP contribution is 2.43. The second-order valence-electron chi connectivity index (χ2n) is 14.2. The van der Waals surface area contributed by atoms with Crippen LogP contribution in [0.3, 0.4) is 0 Å². The number of methoxy groups -OCH3 is 1. The first-order valence-electron chi connectivity index (χ1n) is 17.0. The molecule has 5 heteroatoms. The van der Waals surface area contributed by atoms with Crippen LogP contribution >= 0.6 is 9.47 Å². The van der Waals surface area contributed by atoms with Crippen molar-refractivity contribution in [2.45, 2.75) is 98.4 Å². The van der Waals surface area contributed by atoms with E-state index in [9.17, 15) is 0 Å². The molecular weight excluding hydrogens is 595 g/mol. The van der Waals surface area contributed by atoms with Crippen LogP contribution in [0.5, 0.6) is 0 Å². The summed E-state index contributed by atoms with van der Waals surface area (Å²) in [6.07, 6.45) is 23.7. The molecule has 1 aliphatic heterocycles. The third-order valence-electron chi connectivity index (χ3n) is 8.97. The maximum Gasteiger partial charge on any atom is 0.0433 e. The lowest BCUT2D eigenvalue weighted by Crippen LogP contribution is -2.35. The van der Waals surface area contributed by atoms with E-state index < -0.39 is 0 Å². The van der Waals surface area contributed by atoms with Crippen molar-refractivity contribution in [3.63, 3.8) is 0 Å². The van der Waals surface area contributed by atoms with Gasteiger partial charge in [0.1, 0.15) is 0 Å². The molecule has 47 heavy (non-hydrogen) atoms. The maximum absolute atomic E-state index is 6.92. The van der Waals surface area contributed by atoms with Gasteiger partial charge in [0.15, 0.2) is 0 Å². The standard InChI is InChI=1S/C20H27N.C14H16.C5H9N.C3H8O.H3OP/c1-6-8-9-12-21(5)19-15-20(3,4)14-17-11-10-16(7-2)13-18(17)19;1-4-11-5-6-13-10-14(2,3)8-7-12(13)9-11;1-5-3-2-4-6-5;1-3-4-2;1-2/h2,6,10-11,13,19H,1,8-9,12,14-15H2,3-5H3;1,5-6,9H,7-8,10H2,2-3H3;6H,1-4H2;3H2,1-2H3;1H,2H2. The first-order chi connectivity index (χ1) is 22.4. The molecule has 0 amide bonds. The van der Waals surface area contributed by atoms with E-state index in [1.807, 2.05) is 13.0 Å². The average Bonchev–Trinajstić information content (AvgIpc) is 3.55. The van der Waals surface area contributed by atoms with Gasteiger partial charge >= 0.3 is 0 Å². The normalized spacial score (nSPS) is 17.8. The Bertz CT molecular complexity index is 1320. The SMILES string of the molecule is C#Cc1ccc2c(c1)C(N(C)CCCC=C)CC(C)(C)C2.C#Cc1ccc2c(c1)CCC(C)(C)C2.C=C1CCCN1.CCOC.OP. The Morgan fingerprint density at radius 1 is 1.00 bits per heavy atom. The second-order valence-corrected chi connectivity index (χ2v) is 14.2. The van der Waals surface area contributed by atoms with Crippen molar-refractivity contribution < 1.29 is 9.63 Å². The highest BCUT2D eigenvalue weighted by atomic mass is 31.0. The molecule has 0 bridgehead atoms. The molecule has 2 atom stereocenters. The third kappa shape index (κ3) is 15.3. The Labute approximate surface area is 291 Å². The van der Waals surface area contributed by atoms with Gasteiger partial charge in [-0.05, 0) is 145 Å². The van der Waals surface area contributed by atoms with Gasteiger partial charge in [0.2, 0.25) is 0 Å². The predicted molar refractivity (Wildman–Crippen MR) is 207 cm³/mol. The molecule has 4 nitrogen and oxygen atoms in total. The monoisotopic (exact) mass is 658 g/mol. The van der Waals surface area contributed by atoms with Crippen molar-refractivity contribution in [2.24, 2.45) is 10.8 Å². The van der Waals surface area contributed by atoms with Gasteiger partial charge in [-0.1, -0.05) is 64.3 Å². The highest BCUT2D eigenvalue weighted by Gasteiger charge is 2.34. The summed E-state index contributed by atoms with van der Waals surface area (Å²) in [5, 5.41) is 3.12. The fraction of sp³-hybridized carbons (Fsp3) is 0.524. The molecule has 0 aromatic heterocycles. The lowest BCUT2D eigenvalue weighted by Gasteiger charge is -2.41. The minimum Gasteiger partial charge on any atom is -0.389 e. The number of nitrogens with one attached hydrogen (secondary N) is 1. The number of terminal acetylenes is 2. The molecule has 5 rings (SSSR count). The summed E-state index contributed by atoms with van der Waals surface area (Å²) in [4.78, 5) is 9.41. The van der Waals surface area contributed by atoms with E-state index in [0.29, 0.717) is 16.9 Å². The molecule has 2 aromatic carbocycles. The van der Waals surface area contributed by atoms with Crippen LogP contribution in [-0.4, -0.2) is 43.6 Å². The first kappa shape index (κ1) is 42.2. The van der Waals surface area contributed by atoms with Crippen molar-refractivity contribution in [1.29, 1.82) is 0 Å². The van der Waals surface area contributed by atoms with Gasteiger partial charge in [-0.25, -0.2) is 0 Å². The fourth-order valence-electron chi connectivity index (χ4n) is 6.26. The van der Waals surface area contributed by atoms with E-state index in [4.69, 9.17) is 17.7 Å². The van der Waals surface area contributed by atoms with Crippen LogP contribution in [0, 0.1) is 35.5 Å². The van der Waals surface area contributed by atoms with Crippen molar-refractivity contribution in [3.8, 4) is 24.7 Å². The molecule has 0 spiro atoms. The Balaban J connectivity index is 0.000000362. The zero-order chi connectivity index (χ0) is 35.5. The largest absolute Gasteiger partial charge is 0.389 e. The average molecular weight is 659 g/mol. The van der Waals surface area contributed by atoms with Gasteiger partial charge in [-0.15, -0.1) is 19.4 Å². The van der Waals surface area contributed by atoms with E-state index >= 15 is 0 Å². The van der Waals surface area contributed by atoms with Gasteiger partial charge in [-0.3, -0.25) is 4.90 Å². The predicted octanol–water partition coefficient (Wildman–Crippen LogP) is 9.07. The Morgan fingerprint density at radius 2 is 1.60 bits per heavy atom. The van der Waals surface area contributed by atoms with Crippen LogP contribution in [0.15, 0.2) is 61.3 Å². The molecule has 258 valence electrons. The van der Waals surface area contributed by atoms with E-state index in [-0.39, 0.29) is 0 Å². The molecule has 2 N–H and O–H groups in total. The second kappa shape index (κ2) is 21.9. The number of allylic oxidation sites excluding steroid dienone is 2. The number of nitrogens with zero attached hydrogens (tertiary/aromatic N) is 1. The number of benzene rings is 2. The number of hydrogen-bond donors (Lipinski definition) is 2. The van der Waals surface area contributed by atoms with Gasteiger partial charge in [0.25, 0.3) is 0 Å². The number of hydrogen-bond acceptors (Lipinski definition) is 4. The molecule has 2 aliphatic carbocycles. The zero-order valence-electron chi connectivity index (χ0n) is 30.6. The summed E-state index contributed by atoms with van der Waals surface area (Å²) >= 11 is 0. The van der Waals surface area contributed by atoms with Crippen molar-refractivity contribution in [2.75, 3.05) is 33.9 Å². The minimum atomic E-state index is 0.349. The molecule has 1 heterocycles. The number of unbranched alkanes of at least 4 members (excludes halogenated alkanes) is 1. The van der Waals surface area contributed by atoms with Crippen LogP contribution in [-0.2, 0) is 24.0 Å². The van der Waals surface area contributed by atoms with Gasteiger partial charge in [0, 0.05) is 43.1 Å². The van der Waals surface area contributed by atoms with E-state index in [2.05, 4.69) is 111 Å². The Morgan fingerprint density at radius 3 is 2.11 bits per heavy atom. The summed E-state index contributed by atoms with van der Waals surface area (Å²) in [6.45, 7) is 22.0. The third-order valence-corrected chi connectivity index (χ3v) is 8.97. The van der Waals surface area contributed by atoms with Crippen LogP contribution in [0.4, 0.5) is 0 Å². The molecule has 1 fully saturated rings. The Hall–Kier alpha value is -2.85. The summed E-state index contributed by atoms with van der Waals surface area (Å²) in [6, 6.07) is 13.4. The fourth-order valence-corrected chi connectivity index (χ4v) is 6.26. The van der Waals surface area contributed by atoms with Gasteiger partial charge in [-0.2, -0.15) is 0 Å².